The minimum Gasteiger partial charge on any atom is -0.471 e. The molecule has 2 aliphatic rings. The molecule has 0 saturated carbocycles. The van der Waals surface area contributed by atoms with Crippen LogP contribution in [-0.4, -0.2) is 58.3 Å². The maximum atomic E-state index is 17.0. The van der Waals surface area contributed by atoms with Crippen LogP contribution in [0, 0.1) is 23.0 Å². The van der Waals surface area contributed by atoms with E-state index in [2.05, 4.69) is 21.2 Å². The summed E-state index contributed by atoms with van der Waals surface area (Å²) in [5.41, 5.74) is 7.85. The van der Waals surface area contributed by atoms with Crippen LogP contribution in [0.15, 0.2) is 30.5 Å². The lowest BCUT2D eigenvalue weighted by Crippen LogP contribution is -2.32. The lowest BCUT2D eigenvalue weighted by atomic mass is 9.90. The largest absolute Gasteiger partial charge is 0.471 e. The highest BCUT2D eigenvalue weighted by Crippen LogP contribution is 2.47. The molecule has 43 heavy (non-hydrogen) atoms. The van der Waals surface area contributed by atoms with E-state index >= 15 is 8.78 Å². The topological polar surface area (TPSA) is 126 Å². The number of halogens is 2. The number of benzene rings is 2. The molecule has 2 aliphatic heterocycles. The molecule has 218 valence electrons. The average molecular weight is 601 g/mol. The van der Waals surface area contributed by atoms with Gasteiger partial charge >= 0.3 is 0 Å². The molecule has 0 unspecified atom stereocenters. The van der Waals surface area contributed by atoms with E-state index in [9.17, 15) is 5.26 Å². The average Bonchev–Trinajstić information content (AvgIpc) is 3.76. The van der Waals surface area contributed by atoms with Crippen LogP contribution in [0.1, 0.15) is 28.8 Å². The van der Waals surface area contributed by atoms with Crippen molar-refractivity contribution in [1.82, 2.24) is 25.1 Å². The molecule has 7 rings (SSSR count). The van der Waals surface area contributed by atoms with E-state index in [4.69, 9.17) is 25.2 Å². The SMILES string of the molecule is CN(C)[C@H]1CCN(c2nc(OCc3cccnn3)c3c4c(c(-c5c(F)ccc6sc(N)c(C#N)c56)c(F)c3n2)COC4)C1. The van der Waals surface area contributed by atoms with Gasteiger partial charge in [-0.25, -0.2) is 13.8 Å². The van der Waals surface area contributed by atoms with Crippen molar-refractivity contribution >= 4 is 43.3 Å². The summed E-state index contributed by atoms with van der Waals surface area (Å²) < 4.78 is 45.4. The summed E-state index contributed by atoms with van der Waals surface area (Å²) >= 11 is 1.16. The smallest absolute Gasteiger partial charge is 0.229 e. The van der Waals surface area contributed by atoms with Gasteiger partial charge in [0.1, 0.15) is 34.7 Å². The molecule has 0 bridgehead atoms. The number of nitriles is 1. The molecule has 5 heterocycles. The Morgan fingerprint density at radius 1 is 1.16 bits per heavy atom. The van der Waals surface area contributed by atoms with Crippen LogP contribution in [0.4, 0.5) is 19.7 Å². The van der Waals surface area contributed by atoms with Crippen molar-refractivity contribution in [1.29, 1.82) is 5.26 Å². The van der Waals surface area contributed by atoms with E-state index < -0.39 is 11.6 Å². The maximum Gasteiger partial charge on any atom is 0.229 e. The normalized spacial score (nSPS) is 16.4. The van der Waals surface area contributed by atoms with Crippen molar-refractivity contribution in [3.8, 4) is 23.1 Å². The van der Waals surface area contributed by atoms with Crippen LogP contribution >= 0.6 is 11.3 Å². The van der Waals surface area contributed by atoms with Gasteiger partial charge in [-0.15, -0.1) is 11.3 Å². The first-order valence-electron chi connectivity index (χ1n) is 13.7. The van der Waals surface area contributed by atoms with Gasteiger partial charge in [0, 0.05) is 46.5 Å². The van der Waals surface area contributed by atoms with Gasteiger partial charge in [-0.3, -0.25) is 0 Å². The van der Waals surface area contributed by atoms with E-state index in [1.807, 2.05) is 19.0 Å². The van der Waals surface area contributed by atoms with E-state index in [1.165, 1.54) is 6.07 Å². The zero-order chi connectivity index (χ0) is 29.8. The highest BCUT2D eigenvalue weighted by atomic mass is 32.1. The minimum absolute atomic E-state index is 0.00881. The van der Waals surface area contributed by atoms with Crippen molar-refractivity contribution in [3.63, 3.8) is 0 Å². The number of hydrogen-bond donors (Lipinski definition) is 1. The van der Waals surface area contributed by atoms with E-state index in [0.717, 1.165) is 17.8 Å². The minimum atomic E-state index is -0.740. The quantitative estimate of drug-likeness (QED) is 0.291. The predicted molar refractivity (Wildman–Crippen MR) is 159 cm³/mol. The molecule has 1 atom stereocenters. The molecule has 0 amide bonds. The fraction of sp³-hybridized carbons (Fsp3) is 0.300. The standard InChI is InChI=1S/C30H26F2N8O2S/c1-39(2)16-7-9-40(11-16)30-36-27-24(29(37-30)42-12-15-4-3-8-35-38-15)19-14-41-13-18(19)23(26(27)32)25-20(31)5-6-21-22(25)17(10-33)28(34)43-21/h3-6,8,16H,7,9,11-14,34H2,1-2H3/t16-/m0/s1. The van der Waals surface area contributed by atoms with Gasteiger partial charge in [0.2, 0.25) is 11.8 Å². The highest BCUT2D eigenvalue weighted by molar-refractivity contribution is 7.23. The Bertz CT molecular complexity index is 1940. The number of aromatic nitrogens is 4. The molecule has 13 heteroatoms. The summed E-state index contributed by atoms with van der Waals surface area (Å²) in [5, 5.41) is 18.8. The molecule has 3 aromatic heterocycles. The molecular weight excluding hydrogens is 574 g/mol. The molecule has 10 nitrogen and oxygen atoms in total. The number of nitrogens with zero attached hydrogens (tertiary/aromatic N) is 7. The fourth-order valence-electron chi connectivity index (χ4n) is 5.93. The number of nitrogen functional groups attached to an aromatic ring is 1. The Hall–Kier alpha value is -4.51. The van der Waals surface area contributed by atoms with Crippen LogP contribution in [0.2, 0.25) is 0 Å². The third kappa shape index (κ3) is 4.50. The van der Waals surface area contributed by atoms with E-state index in [0.29, 0.717) is 45.9 Å². The third-order valence-electron chi connectivity index (χ3n) is 8.11. The van der Waals surface area contributed by atoms with Gasteiger partial charge < -0.3 is 25.0 Å². The first-order chi connectivity index (χ1) is 20.9. The van der Waals surface area contributed by atoms with Gasteiger partial charge in [0.15, 0.2) is 5.82 Å². The second-order valence-corrected chi connectivity index (χ2v) is 11.9. The monoisotopic (exact) mass is 600 g/mol. The molecule has 0 aliphatic carbocycles. The summed E-state index contributed by atoms with van der Waals surface area (Å²) in [4.78, 5) is 13.7. The Morgan fingerprint density at radius 3 is 2.74 bits per heavy atom. The predicted octanol–water partition coefficient (Wildman–Crippen LogP) is 4.78. The molecule has 0 spiro atoms. The van der Waals surface area contributed by atoms with Crippen molar-refractivity contribution in [3.05, 3.63) is 64.5 Å². The Kier molecular flexibility index (Phi) is 6.76. The molecule has 5 aromatic rings. The van der Waals surface area contributed by atoms with E-state index in [1.54, 1.807) is 24.4 Å². The molecule has 2 N–H and O–H groups in total. The first-order valence-corrected chi connectivity index (χ1v) is 14.5. The number of thiophene rings is 1. The number of rotatable bonds is 6. The number of ether oxygens (including phenoxy) is 2. The Balaban J connectivity index is 1.49. The summed E-state index contributed by atoms with van der Waals surface area (Å²) in [6.45, 7) is 1.54. The molecule has 1 saturated heterocycles. The van der Waals surface area contributed by atoms with E-state index in [-0.39, 0.29) is 64.3 Å². The van der Waals surface area contributed by atoms with Crippen LogP contribution < -0.4 is 15.4 Å². The molecular formula is C30H26F2N8O2S. The highest BCUT2D eigenvalue weighted by Gasteiger charge is 2.33. The third-order valence-corrected chi connectivity index (χ3v) is 9.09. The number of anilines is 2. The van der Waals surface area contributed by atoms with Gasteiger partial charge in [-0.05, 0) is 55.9 Å². The van der Waals surface area contributed by atoms with Crippen LogP contribution in [0.5, 0.6) is 5.88 Å². The van der Waals surface area contributed by atoms with Gasteiger partial charge in [-0.1, -0.05) is 0 Å². The second-order valence-electron chi connectivity index (χ2n) is 10.8. The number of nitrogens with two attached hydrogens (primary N) is 1. The zero-order valence-corrected chi connectivity index (χ0v) is 24.2. The maximum absolute atomic E-state index is 17.0. The van der Waals surface area contributed by atoms with Crippen LogP contribution in [-0.2, 0) is 24.6 Å². The van der Waals surface area contributed by atoms with Crippen molar-refractivity contribution in [2.24, 2.45) is 0 Å². The lowest BCUT2D eigenvalue weighted by Gasteiger charge is -2.22. The van der Waals surface area contributed by atoms with Gasteiger partial charge in [0.05, 0.1) is 24.2 Å². The summed E-state index contributed by atoms with van der Waals surface area (Å²) in [6, 6.07) is 8.70. The first kappa shape index (κ1) is 27.3. The van der Waals surface area contributed by atoms with Gasteiger partial charge in [0.25, 0.3) is 0 Å². The number of hydrogen-bond acceptors (Lipinski definition) is 11. The number of likely N-dealkylation sites (N-methyl/N-ethyl adjacent to an activating group) is 1. The Morgan fingerprint density at radius 2 is 2.00 bits per heavy atom. The molecule has 1 fully saturated rings. The van der Waals surface area contributed by atoms with Crippen molar-refractivity contribution < 1.29 is 18.3 Å². The number of fused-ring (bicyclic) bond motifs is 4. The van der Waals surface area contributed by atoms with Crippen LogP contribution in [0.25, 0.3) is 32.1 Å². The summed E-state index contributed by atoms with van der Waals surface area (Å²) in [6.07, 6.45) is 2.45. The Labute approximate surface area is 249 Å². The van der Waals surface area contributed by atoms with Crippen molar-refractivity contribution in [2.45, 2.75) is 32.3 Å². The lowest BCUT2D eigenvalue weighted by molar-refractivity contribution is 0.135. The molecule has 2 aromatic carbocycles. The zero-order valence-electron chi connectivity index (χ0n) is 23.4. The fourth-order valence-corrected chi connectivity index (χ4v) is 6.86. The summed E-state index contributed by atoms with van der Waals surface area (Å²) in [7, 11) is 4.03. The second kappa shape index (κ2) is 10.6. The van der Waals surface area contributed by atoms with Crippen LogP contribution in [0.3, 0.4) is 0 Å². The summed E-state index contributed by atoms with van der Waals surface area (Å²) in [5.74, 6) is -0.917. The molecule has 0 radical (unpaired) electrons. The van der Waals surface area contributed by atoms with Crippen molar-refractivity contribution in [2.75, 3.05) is 37.8 Å². The van der Waals surface area contributed by atoms with Gasteiger partial charge in [-0.2, -0.15) is 20.4 Å².